The summed E-state index contributed by atoms with van der Waals surface area (Å²) in [6, 6.07) is 6.40. The Bertz CT molecular complexity index is 540. The molecule has 1 aromatic heterocycles. The summed E-state index contributed by atoms with van der Waals surface area (Å²) in [6.07, 6.45) is 3.45. The zero-order valence-electron chi connectivity index (χ0n) is 9.32. The lowest BCUT2D eigenvalue weighted by Gasteiger charge is -2.15. The highest BCUT2D eigenvalue weighted by Gasteiger charge is 2.24. The molecule has 1 aliphatic carbocycles. The maximum Gasteiger partial charge on any atom is 0.184 e. The Morgan fingerprint density at radius 1 is 1.41 bits per heavy atom. The number of aromatic nitrogens is 1. The summed E-state index contributed by atoms with van der Waals surface area (Å²) in [5.74, 6) is 0. The molecule has 2 atom stereocenters. The first-order valence-electron chi connectivity index (χ1n) is 5.80. The van der Waals surface area contributed by atoms with Crippen LogP contribution in [-0.2, 0) is 0 Å². The van der Waals surface area contributed by atoms with Crippen molar-refractivity contribution in [3.8, 4) is 0 Å². The van der Waals surface area contributed by atoms with E-state index < -0.39 is 0 Å². The van der Waals surface area contributed by atoms with Crippen LogP contribution >= 0.6 is 22.9 Å². The zero-order valence-corrected chi connectivity index (χ0v) is 10.9. The number of rotatable bonds is 2. The van der Waals surface area contributed by atoms with E-state index in [1.54, 1.807) is 11.3 Å². The first-order chi connectivity index (χ1) is 8.22. The number of hydrogen-bond acceptors (Lipinski definition) is 4. The molecule has 1 aliphatic rings. The van der Waals surface area contributed by atoms with Crippen molar-refractivity contribution in [2.24, 2.45) is 5.73 Å². The molecule has 90 valence electrons. The highest BCUT2D eigenvalue weighted by Crippen LogP contribution is 2.30. The molecule has 1 heterocycles. The lowest BCUT2D eigenvalue weighted by atomic mass is 10.2. The largest absolute Gasteiger partial charge is 0.357 e. The molecule has 0 aliphatic heterocycles. The maximum absolute atomic E-state index is 6.04. The standard InChI is InChI=1S/C12H14ClN3S/c13-7-4-5-10-11(6-7)17-12(16-10)15-9-3-1-2-8(9)14/h4-6,8-9H,1-3,14H2,(H,15,16)/t8-,9-/m0/s1. The Morgan fingerprint density at radius 2 is 2.29 bits per heavy atom. The predicted molar refractivity (Wildman–Crippen MR) is 73.9 cm³/mol. The average molecular weight is 268 g/mol. The smallest absolute Gasteiger partial charge is 0.184 e. The van der Waals surface area contributed by atoms with Gasteiger partial charge in [-0.05, 0) is 37.5 Å². The average Bonchev–Trinajstić information content (AvgIpc) is 2.85. The molecule has 17 heavy (non-hydrogen) atoms. The summed E-state index contributed by atoms with van der Waals surface area (Å²) in [4.78, 5) is 4.54. The third-order valence-electron chi connectivity index (χ3n) is 3.23. The van der Waals surface area contributed by atoms with Gasteiger partial charge in [-0.3, -0.25) is 0 Å². The lowest BCUT2D eigenvalue weighted by molar-refractivity contribution is 0.637. The van der Waals surface area contributed by atoms with Gasteiger partial charge in [-0.25, -0.2) is 4.98 Å². The highest BCUT2D eigenvalue weighted by atomic mass is 35.5. The molecule has 0 amide bonds. The normalized spacial score (nSPS) is 24.4. The topological polar surface area (TPSA) is 50.9 Å². The molecule has 3 nitrogen and oxygen atoms in total. The van der Waals surface area contributed by atoms with Crippen molar-refractivity contribution in [1.82, 2.24) is 4.98 Å². The third kappa shape index (κ3) is 2.25. The Hall–Kier alpha value is -0.840. The molecular weight excluding hydrogens is 254 g/mol. The number of anilines is 1. The molecular formula is C12H14ClN3S. The fourth-order valence-corrected chi connectivity index (χ4v) is 3.49. The van der Waals surface area contributed by atoms with E-state index >= 15 is 0 Å². The molecule has 3 N–H and O–H groups in total. The van der Waals surface area contributed by atoms with Crippen molar-refractivity contribution in [2.75, 3.05) is 5.32 Å². The van der Waals surface area contributed by atoms with Crippen molar-refractivity contribution in [3.05, 3.63) is 23.2 Å². The predicted octanol–water partition coefficient (Wildman–Crippen LogP) is 3.24. The number of benzene rings is 1. The second-order valence-corrected chi connectivity index (χ2v) is 5.94. The van der Waals surface area contributed by atoms with Crippen LogP contribution in [0.1, 0.15) is 19.3 Å². The maximum atomic E-state index is 6.04. The van der Waals surface area contributed by atoms with E-state index in [9.17, 15) is 0 Å². The molecule has 2 aromatic rings. The van der Waals surface area contributed by atoms with Gasteiger partial charge in [0.05, 0.1) is 10.2 Å². The first kappa shape index (κ1) is 11.3. The van der Waals surface area contributed by atoms with Gasteiger partial charge in [-0.1, -0.05) is 22.9 Å². The summed E-state index contributed by atoms with van der Waals surface area (Å²) >= 11 is 7.60. The number of hydrogen-bond donors (Lipinski definition) is 2. The molecule has 3 rings (SSSR count). The molecule has 0 saturated heterocycles. The number of thiazole rings is 1. The Balaban J connectivity index is 1.85. The Kier molecular flexibility index (Phi) is 2.94. The number of nitrogens with zero attached hydrogens (tertiary/aromatic N) is 1. The van der Waals surface area contributed by atoms with Gasteiger partial charge in [0, 0.05) is 17.1 Å². The van der Waals surface area contributed by atoms with Crippen molar-refractivity contribution in [1.29, 1.82) is 0 Å². The van der Waals surface area contributed by atoms with E-state index in [0.29, 0.717) is 6.04 Å². The number of fused-ring (bicyclic) bond motifs is 1. The first-order valence-corrected chi connectivity index (χ1v) is 7.00. The quantitative estimate of drug-likeness (QED) is 0.878. The molecule has 1 aromatic carbocycles. The molecule has 0 spiro atoms. The van der Waals surface area contributed by atoms with E-state index in [1.807, 2.05) is 18.2 Å². The highest BCUT2D eigenvalue weighted by molar-refractivity contribution is 7.22. The minimum Gasteiger partial charge on any atom is -0.357 e. The van der Waals surface area contributed by atoms with Gasteiger partial charge in [-0.15, -0.1) is 0 Å². The van der Waals surface area contributed by atoms with E-state index in [2.05, 4.69) is 10.3 Å². The Morgan fingerprint density at radius 3 is 3.06 bits per heavy atom. The van der Waals surface area contributed by atoms with Gasteiger partial charge in [-0.2, -0.15) is 0 Å². The summed E-state index contributed by atoms with van der Waals surface area (Å²) in [5.41, 5.74) is 7.03. The lowest BCUT2D eigenvalue weighted by Crippen LogP contribution is -2.35. The second-order valence-electron chi connectivity index (χ2n) is 4.48. The van der Waals surface area contributed by atoms with E-state index in [0.717, 1.165) is 33.2 Å². The monoisotopic (exact) mass is 267 g/mol. The summed E-state index contributed by atoms with van der Waals surface area (Å²) in [7, 11) is 0. The summed E-state index contributed by atoms with van der Waals surface area (Å²) in [5, 5.41) is 5.14. The van der Waals surface area contributed by atoms with Crippen LogP contribution in [0.5, 0.6) is 0 Å². The molecule has 0 radical (unpaired) electrons. The van der Waals surface area contributed by atoms with Gasteiger partial charge < -0.3 is 11.1 Å². The molecule has 0 bridgehead atoms. The Labute approximate surface area is 109 Å². The van der Waals surface area contributed by atoms with Crippen LogP contribution in [0.3, 0.4) is 0 Å². The number of nitrogens with one attached hydrogen (secondary N) is 1. The van der Waals surface area contributed by atoms with Gasteiger partial charge in [0.15, 0.2) is 5.13 Å². The van der Waals surface area contributed by atoms with Crippen molar-refractivity contribution in [3.63, 3.8) is 0 Å². The van der Waals surface area contributed by atoms with Crippen LogP contribution in [0.15, 0.2) is 18.2 Å². The van der Waals surface area contributed by atoms with E-state index in [-0.39, 0.29) is 6.04 Å². The van der Waals surface area contributed by atoms with Crippen molar-refractivity contribution < 1.29 is 0 Å². The van der Waals surface area contributed by atoms with Crippen LogP contribution in [0.2, 0.25) is 5.02 Å². The van der Waals surface area contributed by atoms with Gasteiger partial charge in [0.2, 0.25) is 0 Å². The molecule has 1 fully saturated rings. The molecule has 1 saturated carbocycles. The van der Waals surface area contributed by atoms with Gasteiger partial charge in [0.1, 0.15) is 0 Å². The molecule has 0 unspecified atom stereocenters. The summed E-state index contributed by atoms with van der Waals surface area (Å²) in [6.45, 7) is 0. The van der Waals surface area contributed by atoms with Crippen LogP contribution in [-0.4, -0.2) is 17.1 Å². The fraction of sp³-hybridized carbons (Fsp3) is 0.417. The van der Waals surface area contributed by atoms with Crippen molar-refractivity contribution >= 4 is 38.3 Å². The minimum atomic E-state index is 0.255. The number of nitrogens with two attached hydrogens (primary N) is 1. The fourth-order valence-electron chi connectivity index (χ4n) is 2.29. The zero-order chi connectivity index (χ0) is 11.8. The SMILES string of the molecule is N[C@H]1CCC[C@@H]1Nc1nc2ccc(Cl)cc2s1. The minimum absolute atomic E-state index is 0.255. The summed E-state index contributed by atoms with van der Waals surface area (Å²) < 4.78 is 1.12. The van der Waals surface area contributed by atoms with E-state index in [1.165, 1.54) is 6.42 Å². The van der Waals surface area contributed by atoms with Crippen LogP contribution in [0.25, 0.3) is 10.2 Å². The van der Waals surface area contributed by atoms with Gasteiger partial charge >= 0.3 is 0 Å². The van der Waals surface area contributed by atoms with Crippen molar-refractivity contribution in [2.45, 2.75) is 31.3 Å². The van der Waals surface area contributed by atoms with E-state index in [4.69, 9.17) is 17.3 Å². The van der Waals surface area contributed by atoms with Crippen LogP contribution in [0.4, 0.5) is 5.13 Å². The molecule has 5 heteroatoms. The number of halogens is 1. The van der Waals surface area contributed by atoms with Gasteiger partial charge in [0.25, 0.3) is 0 Å². The second kappa shape index (κ2) is 4.44. The van der Waals surface area contributed by atoms with Crippen LogP contribution < -0.4 is 11.1 Å². The van der Waals surface area contributed by atoms with Crippen LogP contribution in [0, 0.1) is 0 Å². The third-order valence-corrected chi connectivity index (χ3v) is 4.41.